The number of nitrogens with zero attached hydrogens (tertiary/aromatic N) is 3. The van der Waals surface area contributed by atoms with Gasteiger partial charge in [0.05, 0.1) is 30.7 Å². The Balaban J connectivity index is 1.77. The molecule has 0 fully saturated rings. The van der Waals surface area contributed by atoms with Crippen molar-refractivity contribution in [2.24, 2.45) is 0 Å². The molecule has 0 radical (unpaired) electrons. The average Bonchev–Trinajstić information content (AvgIpc) is 3.43. The van der Waals surface area contributed by atoms with Crippen LogP contribution in [-0.2, 0) is 6.42 Å². The lowest BCUT2D eigenvalue weighted by molar-refractivity contribution is 0.0970. The minimum Gasteiger partial charge on any atom is -0.493 e. The van der Waals surface area contributed by atoms with E-state index in [1.807, 2.05) is 32.9 Å². The highest BCUT2D eigenvalue weighted by atomic mass is 32.1. The molecule has 0 spiro atoms. The number of rotatable bonds is 6. The van der Waals surface area contributed by atoms with Crippen LogP contribution in [0.3, 0.4) is 0 Å². The second-order valence-electron chi connectivity index (χ2n) is 7.93. The SMILES string of the molecule is CCOc1ccc([C@@H]2c3c(oc4ccc(C)cc4c3=O)C(=O)N2c2nnc(CC)s2)cc1OC. The maximum Gasteiger partial charge on any atom is 0.297 e. The topological polar surface area (TPSA) is 94.8 Å². The van der Waals surface area contributed by atoms with Crippen LogP contribution in [0.15, 0.2) is 45.6 Å². The number of amides is 1. The zero-order valence-electron chi connectivity index (χ0n) is 19.2. The van der Waals surface area contributed by atoms with Gasteiger partial charge in [0.2, 0.25) is 10.9 Å². The van der Waals surface area contributed by atoms with Gasteiger partial charge in [-0.3, -0.25) is 14.5 Å². The lowest BCUT2D eigenvalue weighted by Crippen LogP contribution is -2.29. The molecule has 0 saturated carbocycles. The van der Waals surface area contributed by atoms with E-state index in [1.165, 1.54) is 16.2 Å². The van der Waals surface area contributed by atoms with Gasteiger partial charge in [-0.05, 0) is 50.1 Å². The fraction of sp³-hybridized carbons (Fsp3) is 0.280. The molecule has 0 aliphatic carbocycles. The van der Waals surface area contributed by atoms with E-state index in [2.05, 4.69) is 10.2 Å². The molecule has 0 unspecified atom stereocenters. The van der Waals surface area contributed by atoms with E-state index < -0.39 is 11.9 Å². The summed E-state index contributed by atoms with van der Waals surface area (Å²) in [5.41, 5.74) is 2.02. The monoisotopic (exact) mass is 477 g/mol. The lowest BCUT2D eigenvalue weighted by Gasteiger charge is -2.23. The highest BCUT2D eigenvalue weighted by Gasteiger charge is 2.45. The van der Waals surface area contributed by atoms with Crippen LogP contribution >= 0.6 is 11.3 Å². The highest BCUT2D eigenvalue weighted by Crippen LogP contribution is 2.44. The third kappa shape index (κ3) is 3.43. The molecule has 1 atom stereocenters. The Labute approximate surface area is 199 Å². The van der Waals surface area contributed by atoms with E-state index in [1.54, 1.807) is 31.4 Å². The van der Waals surface area contributed by atoms with Crippen LogP contribution in [-0.4, -0.2) is 29.8 Å². The van der Waals surface area contributed by atoms with Crippen molar-refractivity contribution >= 4 is 33.3 Å². The van der Waals surface area contributed by atoms with Crippen LogP contribution < -0.4 is 19.8 Å². The van der Waals surface area contributed by atoms with Crippen LogP contribution in [0.2, 0.25) is 0 Å². The molecule has 0 N–H and O–H groups in total. The van der Waals surface area contributed by atoms with Crippen LogP contribution in [0.4, 0.5) is 5.13 Å². The normalized spacial score (nSPS) is 15.1. The first-order chi connectivity index (χ1) is 16.5. The van der Waals surface area contributed by atoms with Gasteiger partial charge in [0.15, 0.2) is 16.9 Å². The molecule has 3 heterocycles. The lowest BCUT2D eigenvalue weighted by atomic mass is 9.98. The summed E-state index contributed by atoms with van der Waals surface area (Å²) in [5.74, 6) is 0.682. The number of anilines is 1. The summed E-state index contributed by atoms with van der Waals surface area (Å²) in [6.45, 7) is 6.25. The van der Waals surface area contributed by atoms with Gasteiger partial charge in [-0.15, -0.1) is 10.2 Å². The molecule has 0 bridgehead atoms. The third-order valence-electron chi connectivity index (χ3n) is 5.79. The van der Waals surface area contributed by atoms with E-state index in [0.29, 0.717) is 46.2 Å². The van der Waals surface area contributed by atoms with Crippen molar-refractivity contribution in [2.45, 2.75) is 33.2 Å². The van der Waals surface area contributed by atoms with E-state index in [-0.39, 0.29) is 16.8 Å². The van der Waals surface area contributed by atoms with Crippen LogP contribution in [0.5, 0.6) is 11.5 Å². The standard InChI is InChI=1S/C25H23N3O5S/c1-5-19-26-27-25(34-19)28-21(14-8-10-17(32-6-2)18(12-14)31-4)20-22(29)15-11-13(3)7-9-16(15)33-23(20)24(28)30/h7-12,21H,5-6H2,1-4H3/t21-/m1/s1. The number of methoxy groups -OCH3 is 1. The van der Waals surface area contributed by atoms with Crippen molar-refractivity contribution in [3.63, 3.8) is 0 Å². The molecule has 9 heteroatoms. The number of aromatic nitrogens is 2. The molecule has 0 saturated heterocycles. The Morgan fingerprint density at radius 1 is 1.09 bits per heavy atom. The molecule has 5 rings (SSSR count). The maximum atomic E-state index is 13.7. The summed E-state index contributed by atoms with van der Waals surface area (Å²) >= 11 is 1.32. The van der Waals surface area contributed by atoms with Crippen LogP contribution in [0.1, 0.15) is 52.1 Å². The first-order valence-electron chi connectivity index (χ1n) is 11.0. The van der Waals surface area contributed by atoms with Crippen molar-refractivity contribution < 1.29 is 18.7 Å². The molecule has 2 aromatic heterocycles. The molecular weight excluding hydrogens is 454 g/mol. The number of carbonyl (C=O) groups is 1. The van der Waals surface area contributed by atoms with Gasteiger partial charge >= 0.3 is 0 Å². The zero-order valence-corrected chi connectivity index (χ0v) is 20.1. The Hall–Kier alpha value is -3.72. The van der Waals surface area contributed by atoms with E-state index in [0.717, 1.165) is 10.6 Å². The summed E-state index contributed by atoms with van der Waals surface area (Å²) in [4.78, 5) is 28.9. The Morgan fingerprint density at radius 2 is 1.91 bits per heavy atom. The second kappa shape index (κ2) is 8.57. The zero-order chi connectivity index (χ0) is 24.0. The summed E-state index contributed by atoms with van der Waals surface area (Å²) in [6, 6.07) is 10.00. The van der Waals surface area contributed by atoms with Gasteiger partial charge in [0.1, 0.15) is 10.6 Å². The van der Waals surface area contributed by atoms with Gasteiger partial charge in [-0.1, -0.05) is 36.0 Å². The molecule has 1 amide bonds. The van der Waals surface area contributed by atoms with Crippen molar-refractivity contribution in [2.75, 3.05) is 18.6 Å². The number of hydrogen-bond acceptors (Lipinski definition) is 8. The van der Waals surface area contributed by atoms with Gasteiger partial charge in [0, 0.05) is 0 Å². The Morgan fingerprint density at radius 3 is 2.62 bits per heavy atom. The van der Waals surface area contributed by atoms with Crippen molar-refractivity contribution in [1.82, 2.24) is 10.2 Å². The smallest absolute Gasteiger partial charge is 0.297 e. The molecule has 1 aliphatic rings. The maximum absolute atomic E-state index is 13.7. The summed E-state index contributed by atoms with van der Waals surface area (Å²) in [7, 11) is 1.55. The number of ether oxygens (including phenoxy) is 2. The minimum absolute atomic E-state index is 0.0208. The van der Waals surface area contributed by atoms with E-state index in [9.17, 15) is 9.59 Å². The fourth-order valence-electron chi connectivity index (χ4n) is 4.21. The summed E-state index contributed by atoms with van der Waals surface area (Å²) in [5, 5.41) is 10.1. The predicted octanol–water partition coefficient (Wildman–Crippen LogP) is 4.67. The van der Waals surface area contributed by atoms with Crippen molar-refractivity contribution in [1.29, 1.82) is 0 Å². The second-order valence-corrected chi connectivity index (χ2v) is 8.97. The molecular formula is C25H23N3O5S. The molecule has 174 valence electrons. The largest absolute Gasteiger partial charge is 0.493 e. The first kappa shape index (κ1) is 22.1. The number of fused-ring (bicyclic) bond motifs is 2. The van der Waals surface area contributed by atoms with Crippen LogP contribution in [0, 0.1) is 6.92 Å². The third-order valence-corrected chi connectivity index (χ3v) is 6.86. The first-order valence-corrected chi connectivity index (χ1v) is 11.8. The number of hydrogen-bond donors (Lipinski definition) is 0. The van der Waals surface area contributed by atoms with E-state index >= 15 is 0 Å². The predicted molar refractivity (Wildman–Crippen MR) is 129 cm³/mol. The fourth-order valence-corrected chi connectivity index (χ4v) is 5.02. The highest BCUT2D eigenvalue weighted by molar-refractivity contribution is 7.15. The average molecular weight is 478 g/mol. The van der Waals surface area contributed by atoms with Crippen molar-refractivity contribution in [3.8, 4) is 11.5 Å². The Kier molecular flexibility index (Phi) is 5.57. The van der Waals surface area contributed by atoms with Crippen molar-refractivity contribution in [3.05, 3.63) is 74.1 Å². The van der Waals surface area contributed by atoms with Gasteiger partial charge < -0.3 is 13.9 Å². The summed E-state index contributed by atoms with van der Waals surface area (Å²) < 4.78 is 17.2. The quantitative estimate of drug-likeness (QED) is 0.398. The van der Waals surface area contributed by atoms with Gasteiger partial charge in [0.25, 0.3) is 5.91 Å². The minimum atomic E-state index is -0.745. The van der Waals surface area contributed by atoms with Gasteiger partial charge in [-0.2, -0.15) is 0 Å². The van der Waals surface area contributed by atoms with E-state index in [4.69, 9.17) is 13.9 Å². The number of aryl methyl sites for hydroxylation is 2. The number of benzene rings is 2. The van der Waals surface area contributed by atoms with Crippen LogP contribution in [0.25, 0.3) is 11.0 Å². The Bertz CT molecular complexity index is 1480. The molecule has 1 aliphatic heterocycles. The molecule has 2 aromatic carbocycles. The number of carbonyl (C=O) groups excluding carboxylic acids is 1. The molecule has 4 aromatic rings. The molecule has 34 heavy (non-hydrogen) atoms. The summed E-state index contributed by atoms with van der Waals surface area (Å²) in [6.07, 6.45) is 0.689. The van der Waals surface area contributed by atoms with Gasteiger partial charge in [-0.25, -0.2) is 0 Å². The molecule has 8 nitrogen and oxygen atoms in total.